The van der Waals surface area contributed by atoms with Crippen molar-refractivity contribution in [1.82, 2.24) is 4.90 Å². The number of alkyl halides is 1. The zero-order valence-electron chi connectivity index (χ0n) is 10.4. The van der Waals surface area contributed by atoms with Crippen molar-refractivity contribution in [2.45, 2.75) is 12.8 Å². The molecule has 18 heavy (non-hydrogen) atoms. The van der Waals surface area contributed by atoms with Crippen LogP contribution in [0.5, 0.6) is 5.75 Å². The van der Waals surface area contributed by atoms with Crippen LogP contribution in [0.1, 0.15) is 12.8 Å². The van der Waals surface area contributed by atoms with E-state index in [-0.39, 0.29) is 0 Å². The van der Waals surface area contributed by atoms with Crippen molar-refractivity contribution in [3.8, 4) is 5.75 Å². The molecule has 0 N–H and O–H groups in total. The smallest absolute Gasteiger partial charge is 0.120 e. The van der Waals surface area contributed by atoms with Crippen molar-refractivity contribution in [2.24, 2.45) is 5.92 Å². The third-order valence-corrected chi connectivity index (χ3v) is 4.31. The van der Waals surface area contributed by atoms with E-state index in [9.17, 15) is 0 Å². The molecular formula is C14H19Br2NO. The number of halogens is 2. The predicted octanol–water partition coefficient (Wildman–Crippen LogP) is 3.93. The van der Waals surface area contributed by atoms with Crippen molar-refractivity contribution >= 4 is 31.9 Å². The zero-order valence-corrected chi connectivity index (χ0v) is 13.6. The molecule has 1 saturated heterocycles. The molecule has 0 aromatic heterocycles. The van der Waals surface area contributed by atoms with Gasteiger partial charge in [0.2, 0.25) is 0 Å². The van der Waals surface area contributed by atoms with Crippen LogP contribution in [-0.2, 0) is 0 Å². The van der Waals surface area contributed by atoms with Gasteiger partial charge in [-0.15, -0.1) is 0 Å². The molecule has 2 nitrogen and oxygen atoms in total. The van der Waals surface area contributed by atoms with Crippen LogP contribution in [-0.4, -0.2) is 36.5 Å². The maximum Gasteiger partial charge on any atom is 0.120 e. The highest BCUT2D eigenvalue weighted by Crippen LogP contribution is 2.21. The summed E-state index contributed by atoms with van der Waals surface area (Å²) >= 11 is 6.97. The molecule has 1 atom stereocenters. The van der Waals surface area contributed by atoms with E-state index in [1.54, 1.807) is 0 Å². The molecule has 0 spiro atoms. The number of hydrogen-bond donors (Lipinski definition) is 0. The molecule has 1 aliphatic rings. The third kappa shape index (κ3) is 4.56. The summed E-state index contributed by atoms with van der Waals surface area (Å²) in [7, 11) is 0. The van der Waals surface area contributed by atoms with Gasteiger partial charge in [0.15, 0.2) is 0 Å². The molecule has 0 radical (unpaired) electrons. The minimum atomic E-state index is 0.775. The lowest BCUT2D eigenvalue weighted by Crippen LogP contribution is -2.26. The number of benzene rings is 1. The number of likely N-dealkylation sites (tertiary alicyclic amines) is 1. The first kappa shape index (κ1) is 14.4. The molecule has 100 valence electrons. The first-order valence-electron chi connectivity index (χ1n) is 6.44. The molecule has 1 aliphatic heterocycles. The topological polar surface area (TPSA) is 12.5 Å². The minimum Gasteiger partial charge on any atom is -0.492 e. The van der Waals surface area contributed by atoms with Crippen molar-refractivity contribution in [1.29, 1.82) is 0 Å². The molecule has 0 saturated carbocycles. The Balaban J connectivity index is 1.67. The van der Waals surface area contributed by atoms with Crippen LogP contribution >= 0.6 is 31.9 Å². The maximum atomic E-state index is 5.76. The van der Waals surface area contributed by atoms with Gasteiger partial charge in [-0.2, -0.15) is 0 Å². The summed E-state index contributed by atoms with van der Waals surface area (Å²) in [5, 5.41) is 1.13. The first-order valence-corrected chi connectivity index (χ1v) is 8.36. The third-order valence-electron chi connectivity index (χ3n) is 3.36. The Morgan fingerprint density at radius 1 is 1.39 bits per heavy atom. The van der Waals surface area contributed by atoms with E-state index < -0.39 is 0 Å². The molecule has 1 unspecified atom stereocenters. The zero-order chi connectivity index (χ0) is 12.8. The van der Waals surface area contributed by atoms with E-state index >= 15 is 0 Å². The second kappa shape index (κ2) is 7.51. The summed E-state index contributed by atoms with van der Waals surface area (Å²) in [5.41, 5.74) is 0. The second-order valence-electron chi connectivity index (χ2n) is 4.74. The summed E-state index contributed by atoms with van der Waals surface area (Å²) in [6.07, 6.45) is 2.63. The largest absolute Gasteiger partial charge is 0.492 e. The molecule has 1 aromatic carbocycles. The van der Waals surface area contributed by atoms with Crippen molar-refractivity contribution in [3.63, 3.8) is 0 Å². The number of rotatable bonds is 6. The molecule has 1 fully saturated rings. The average molecular weight is 377 g/mol. The van der Waals surface area contributed by atoms with Gasteiger partial charge in [-0.3, -0.25) is 4.90 Å². The van der Waals surface area contributed by atoms with Gasteiger partial charge in [0.05, 0.1) is 0 Å². The van der Waals surface area contributed by atoms with Gasteiger partial charge in [0.1, 0.15) is 12.4 Å². The Morgan fingerprint density at radius 3 is 3.06 bits per heavy atom. The minimum absolute atomic E-state index is 0.775. The summed E-state index contributed by atoms with van der Waals surface area (Å²) in [4.78, 5) is 2.51. The molecule has 1 aromatic rings. The van der Waals surface area contributed by atoms with E-state index in [0.717, 1.165) is 34.6 Å². The lowest BCUT2D eigenvalue weighted by atomic mass is 10.1. The lowest BCUT2D eigenvalue weighted by Gasteiger charge is -2.16. The van der Waals surface area contributed by atoms with Crippen LogP contribution < -0.4 is 4.74 Å². The SMILES string of the molecule is BrCCC1CCN(CCOc2cccc(Br)c2)C1. The van der Waals surface area contributed by atoms with Gasteiger partial charge >= 0.3 is 0 Å². The summed E-state index contributed by atoms with van der Waals surface area (Å²) < 4.78 is 6.83. The Morgan fingerprint density at radius 2 is 2.28 bits per heavy atom. The highest BCUT2D eigenvalue weighted by Gasteiger charge is 2.21. The van der Waals surface area contributed by atoms with Crippen LogP contribution in [0.15, 0.2) is 28.7 Å². The number of nitrogens with zero attached hydrogens (tertiary/aromatic N) is 1. The van der Waals surface area contributed by atoms with Crippen LogP contribution in [0, 0.1) is 5.92 Å². The van der Waals surface area contributed by atoms with E-state index in [1.807, 2.05) is 24.3 Å². The highest BCUT2D eigenvalue weighted by atomic mass is 79.9. The summed E-state index contributed by atoms with van der Waals surface area (Å²) in [5.74, 6) is 1.82. The fourth-order valence-electron chi connectivity index (χ4n) is 2.36. The maximum absolute atomic E-state index is 5.76. The molecule has 4 heteroatoms. The van der Waals surface area contributed by atoms with Crippen LogP contribution in [0.25, 0.3) is 0 Å². The Hall–Kier alpha value is -0.0600. The normalized spacial score (nSPS) is 20.2. The molecule has 0 bridgehead atoms. The predicted molar refractivity (Wildman–Crippen MR) is 82.6 cm³/mol. The highest BCUT2D eigenvalue weighted by molar-refractivity contribution is 9.10. The Labute approximate surface area is 126 Å². The van der Waals surface area contributed by atoms with E-state index in [4.69, 9.17) is 4.74 Å². The van der Waals surface area contributed by atoms with E-state index in [1.165, 1.54) is 25.9 Å². The molecule has 0 aliphatic carbocycles. The van der Waals surface area contributed by atoms with Crippen molar-refractivity contribution in [3.05, 3.63) is 28.7 Å². The number of hydrogen-bond acceptors (Lipinski definition) is 2. The fourth-order valence-corrected chi connectivity index (χ4v) is 3.38. The van der Waals surface area contributed by atoms with Crippen molar-refractivity contribution in [2.75, 3.05) is 31.6 Å². The molecule has 2 rings (SSSR count). The van der Waals surface area contributed by atoms with E-state index in [0.29, 0.717) is 0 Å². The van der Waals surface area contributed by atoms with Crippen LogP contribution in [0.2, 0.25) is 0 Å². The molecule has 0 amide bonds. The monoisotopic (exact) mass is 375 g/mol. The summed E-state index contributed by atoms with van der Waals surface area (Å²) in [6, 6.07) is 8.03. The molecular weight excluding hydrogens is 358 g/mol. The average Bonchev–Trinajstić information content (AvgIpc) is 2.78. The Bertz CT molecular complexity index is 373. The fraction of sp³-hybridized carbons (Fsp3) is 0.571. The van der Waals surface area contributed by atoms with Gasteiger partial charge < -0.3 is 4.74 Å². The first-order chi connectivity index (χ1) is 8.78. The standard InChI is InChI=1S/C14H19Br2NO/c15-6-4-12-5-7-17(11-12)8-9-18-14-3-1-2-13(16)10-14/h1-3,10,12H,4-9,11H2. The lowest BCUT2D eigenvalue weighted by molar-refractivity contribution is 0.232. The van der Waals surface area contributed by atoms with Gasteiger partial charge in [0.25, 0.3) is 0 Å². The van der Waals surface area contributed by atoms with Crippen LogP contribution in [0.4, 0.5) is 0 Å². The van der Waals surface area contributed by atoms with Crippen molar-refractivity contribution < 1.29 is 4.74 Å². The van der Waals surface area contributed by atoms with Gasteiger partial charge in [-0.1, -0.05) is 37.9 Å². The van der Waals surface area contributed by atoms with Gasteiger partial charge in [-0.25, -0.2) is 0 Å². The quantitative estimate of drug-likeness (QED) is 0.697. The van der Waals surface area contributed by atoms with Crippen LogP contribution in [0.3, 0.4) is 0 Å². The van der Waals surface area contributed by atoms with E-state index in [2.05, 4.69) is 36.8 Å². The van der Waals surface area contributed by atoms with Gasteiger partial charge in [0, 0.05) is 22.9 Å². The number of ether oxygens (including phenoxy) is 1. The molecule has 1 heterocycles. The van der Waals surface area contributed by atoms with Gasteiger partial charge in [-0.05, 0) is 43.5 Å². The Kier molecular flexibility index (Phi) is 5.99. The summed E-state index contributed by atoms with van der Waals surface area (Å²) in [6.45, 7) is 4.26. The second-order valence-corrected chi connectivity index (χ2v) is 6.45.